The number of unbranched alkanes of at least 4 members (excludes halogenated alkanes) is 31. The van der Waals surface area contributed by atoms with E-state index in [2.05, 4.69) is 74.7 Å². The van der Waals surface area contributed by atoms with Gasteiger partial charge in [-0.3, -0.25) is 9.59 Å². The number of aliphatic hydroxyl groups is 2. The average molecular weight is 870 g/mol. The number of nitrogens with one attached hydrogen (secondary N) is 1. The lowest BCUT2D eigenvalue weighted by molar-refractivity contribution is -0.151. The SMILES string of the molecule is CCCCC/C=C/C=C/C=C/C=C/CCCCCCCC(=O)OC(CCCCCCCCCCCCC)CC(=O)NC(CO)C(O)CCCCCCCCCCCCCCCC. The van der Waals surface area contributed by atoms with Crippen LogP contribution in [0.5, 0.6) is 0 Å². The molecule has 3 unspecified atom stereocenters. The smallest absolute Gasteiger partial charge is 0.306 e. The van der Waals surface area contributed by atoms with Crippen molar-refractivity contribution in [3.63, 3.8) is 0 Å². The van der Waals surface area contributed by atoms with Gasteiger partial charge in [0.25, 0.3) is 0 Å². The number of carbonyl (C=O) groups is 2. The lowest BCUT2D eigenvalue weighted by Gasteiger charge is -2.24. The maximum Gasteiger partial charge on any atom is 0.306 e. The molecule has 0 aromatic carbocycles. The van der Waals surface area contributed by atoms with Crippen LogP contribution in [0.15, 0.2) is 48.6 Å². The first kappa shape index (κ1) is 59.8. The molecule has 3 atom stereocenters. The Labute approximate surface area is 385 Å². The maximum atomic E-state index is 13.2. The highest BCUT2D eigenvalue weighted by Crippen LogP contribution is 2.18. The second kappa shape index (κ2) is 49.8. The standard InChI is InChI=1S/C56H103NO5/c1-4-7-10-13-16-19-22-24-26-27-28-29-31-34-37-40-43-46-49-56(61)62-52(47-44-41-38-35-32-21-18-15-12-9-6-3)50-55(60)57-53(51-58)54(59)48-45-42-39-36-33-30-25-23-20-17-14-11-8-5-2/h16,19,22,24,26-29,52-54,58-59H,4-15,17-18,20-21,23,25,30-51H2,1-3H3,(H,57,60)/b19-16+,24-22+,27-26+,29-28+. The zero-order valence-electron chi connectivity index (χ0n) is 41.3. The zero-order chi connectivity index (χ0) is 45.2. The van der Waals surface area contributed by atoms with Crippen molar-refractivity contribution in [2.75, 3.05) is 6.61 Å². The van der Waals surface area contributed by atoms with Gasteiger partial charge in [-0.2, -0.15) is 0 Å². The number of hydrogen-bond donors (Lipinski definition) is 3. The van der Waals surface area contributed by atoms with Gasteiger partial charge < -0.3 is 20.3 Å². The summed E-state index contributed by atoms with van der Waals surface area (Å²) >= 11 is 0. The summed E-state index contributed by atoms with van der Waals surface area (Å²) in [5, 5.41) is 23.8. The van der Waals surface area contributed by atoms with Crippen LogP contribution in [0.25, 0.3) is 0 Å². The summed E-state index contributed by atoms with van der Waals surface area (Å²) in [6.45, 7) is 6.45. The minimum absolute atomic E-state index is 0.0702. The van der Waals surface area contributed by atoms with Crippen molar-refractivity contribution in [1.82, 2.24) is 5.32 Å². The summed E-state index contributed by atoms with van der Waals surface area (Å²) in [6.07, 6.45) is 60.2. The van der Waals surface area contributed by atoms with Gasteiger partial charge in [-0.1, -0.05) is 256 Å². The molecule has 0 fully saturated rings. The van der Waals surface area contributed by atoms with Crippen molar-refractivity contribution < 1.29 is 24.5 Å². The second-order valence-electron chi connectivity index (χ2n) is 18.4. The fourth-order valence-corrected chi connectivity index (χ4v) is 8.15. The Balaban J connectivity index is 4.55. The molecule has 3 N–H and O–H groups in total. The number of aliphatic hydroxyl groups excluding tert-OH is 2. The van der Waals surface area contributed by atoms with E-state index < -0.39 is 18.2 Å². The number of ether oxygens (including phenoxy) is 1. The molecule has 0 aromatic rings. The first-order chi connectivity index (χ1) is 30.5. The number of carbonyl (C=O) groups excluding carboxylic acids is 2. The van der Waals surface area contributed by atoms with E-state index in [1.165, 1.54) is 148 Å². The van der Waals surface area contributed by atoms with Gasteiger partial charge in [0.05, 0.1) is 25.2 Å². The summed E-state index contributed by atoms with van der Waals surface area (Å²) in [4.78, 5) is 26.2. The fourth-order valence-electron chi connectivity index (χ4n) is 8.15. The van der Waals surface area contributed by atoms with Crippen LogP contribution in [-0.4, -0.2) is 46.9 Å². The van der Waals surface area contributed by atoms with Gasteiger partial charge in [-0.15, -0.1) is 0 Å². The van der Waals surface area contributed by atoms with E-state index in [-0.39, 0.29) is 24.9 Å². The molecule has 0 aliphatic heterocycles. The van der Waals surface area contributed by atoms with Gasteiger partial charge in [0.1, 0.15) is 6.10 Å². The quantitative estimate of drug-likeness (QED) is 0.0322. The van der Waals surface area contributed by atoms with Crippen LogP contribution in [0.3, 0.4) is 0 Å². The van der Waals surface area contributed by atoms with E-state index in [1.807, 2.05) is 0 Å². The molecule has 362 valence electrons. The molecular weight excluding hydrogens is 767 g/mol. The van der Waals surface area contributed by atoms with Gasteiger partial charge in [-0.05, 0) is 51.4 Å². The molecule has 0 saturated heterocycles. The van der Waals surface area contributed by atoms with Gasteiger partial charge in [0.15, 0.2) is 0 Å². The van der Waals surface area contributed by atoms with Crippen molar-refractivity contribution in [3.8, 4) is 0 Å². The minimum Gasteiger partial charge on any atom is -0.462 e. The van der Waals surface area contributed by atoms with Gasteiger partial charge in [0.2, 0.25) is 5.91 Å². The molecule has 6 nitrogen and oxygen atoms in total. The Hall–Kier alpha value is -2.18. The molecule has 0 spiro atoms. The summed E-state index contributed by atoms with van der Waals surface area (Å²) in [5.74, 6) is -0.491. The molecule has 0 bridgehead atoms. The fraction of sp³-hybridized carbons (Fsp3) is 0.821. The van der Waals surface area contributed by atoms with Crippen LogP contribution in [0, 0.1) is 0 Å². The normalized spacial score (nSPS) is 13.6. The summed E-state index contributed by atoms with van der Waals surface area (Å²) in [5.41, 5.74) is 0. The Morgan fingerprint density at radius 1 is 0.468 bits per heavy atom. The van der Waals surface area contributed by atoms with E-state index in [9.17, 15) is 19.8 Å². The summed E-state index contributed by atoms with van der Waals surface area (Å²) in [6, 6.07) is -0.704. The highest BCUT2D eigenvalue weighted by molar-refractivity contribution is 5.77. The highest BCUT2D eigenvalue weighted by Gasteiger charge is 2.24. The van der Waals surface area contributed by atoms with Crippen LogP contribution >= 0.6 is 0 Å². The zero-order valence-corrected chi connectivity index (χ0v) is 41.3. The molecule has 0 heterocycles. The van der Waals surface area contributed by atoms with Crippen LogP contribution in [-0.2, 0) is 14.3 Å². The minimum atomic E-state index is -0.790. The number of esters is 1. The van der Waals surface area contributed by atoms with Crippen LogP contribution in [0.2, 0.25) is 0 Å². The van der Waals surface area contributed by atoms with Gasteiger partial charge in [0, 0.05) is 6.42 Å². The third-order valence-electron chi connectivity index (χ3n) is 12.3. The van der Waals surface area contributed by atoms with Crippen LogP contribution in [0.1, 0.15) is 271 Å². The topological polar surface area (TPSA) is 95.9 Å². The van der Waals surface area contributed by atoms with Crippen LogP contribution < -0.4 is 5.32 Å². The number of amides is 1. The molecule has 62 heavy (non-hydrogen) atoms. The number of hydrogen-bond acceptors (Lipinski definition) is 5. The van der Waals surface area contributed by atoms with E-state index >= 15 is 0 Å². The van der Waals surface area contributed by atoms with Crippen molar-refractivity contribution in [1.29, 1.82) is 0 Å². The molecule has 0 radical (unpaired) electrons. The van der Waals surface area contributed by atoms with Crippen LogP contribution in [0.4, 0.5) is 0 Å². The van der Waals surface area contributed by atoms with Crippen molar-refractivity contribution in [3.05, 3.63) is 48.6 Å². The summed E-state index contributed by atoms with van der Waals surface area (Å²) in [7, 11) is 0. The third-order valence-corrected chi connectivity index (χ3v) is 12.3. The Morgan fingerprint density at radius 3 is 1.27 bits per heavy atom. The van der Waals surface area contributed by atoms with Gasteiger partial charge in [-0.25, -0.2) is 0 Å². The first-order valence-corrected chi connectivity index (χ1v) is 26.9. The predicted molar refractivity (Wildman–Crippen MR) is 269 cm³/mol. The monoisotopic (exact) mass is 870 g/mol. The molecule has 0 saturated carbocycles. The summed E-state index contributed by atoms with van der Waals surface area (Å²) < 4.78 is 5.93. The van der Waals surface area contributed by atoms with E-state index in [1.54, 1.807) is 0 Å². The van der Waals surface area contributed by atoms with Crippen molar-refractivity contribution >= 4 is 11.9 Å². The van der Waals surface area contributed by atoms with Gasteiger partial charge >= 0.3 is 5.97 Å². The lowest BCUT2D eigenvalue weighted by atomic mass is 10.0. The largest absolute Gasteiger partial charge is 0.462 e. The Kier molecular flexibility index (Phi) is 48.1. The molecule has 0 rings (SSSR count). The predicted octanol–water partition coefficient (Wildman–Crippen LogP) is 16.2. The van der Waals surface area contributed by atoms with Crippen molar-refractivity contribution in [2.24, 2.45) is 0 Å². The number of allylic oxidation sites excluding steroid dienone is 8. The Bertz CT molecular complexity index is 1070. The Morgan fingerprint density at radius 2 is 0.823 bits per heavy atom. The highest BCUT2D eigenvalue weighted by atomic mass is 16.5. The molecule has 0 aliphatic carbocycles. The van der Waals surface area contributed by atoms with E-state index in [0.29, 0.717) is 19.3 Å². The molecular formula is C56H103NO5. The first-order valence-electron chi connectivity index (χ1n) is 26.9. The third kappa shape index (κ3) is 44.4. The van der Waals surface area contributed by atoms with E-state index in [0.717, 1.165) is 77.0 Å². The number of rotatable bonds is 48. The molecule has 1 amide bonds. The molecule has 0 aliphatic rings. The molecule has 6 heteroatoms. The lowest BCUT2D eigenvalue weighted by Crippen LogP contribution is -2.46. The molecule has 0 aromatic heterocycles. The maximum absolute atomic E-state index is 13.2. The second-order valence-corrected chi connectivity index (χ2v) is 18.4. The average Bonchev–Trinajstić information content (AvgIpc) is 3.26. The van der Waals surface area contributed by atoms with Crippen molar-refractivity contribution in [2.45, 2.75) is 289 Å². The van der Waals surface area contributed by atoms with E-state index in [4.69, 9.17) is 4.74 Å².